The summed E-state index contributed by atoms with van der Waals surface area (Å²) in [7, 11) is 0. The van der Waals surface area contributed by atoms with Gasteiger partial charge in [0.15, 0.2) is 5.78 Å². The molecule has 17 heavy (non-hydrogen) atoms. The highest BCUT2D eigenvalue weighted by molar-refractivity contribution is 6.03. The molecule has 90 valence electrons. The van der Waals surface area contributed by atoms with Crippen molar-refractivity contribution in [3.63, 3.8) is 0 Å². The molecule has 1 aromatic carbocycles. The fourth-order valence-electron chi connectivity index (χ4n) is 3.64. The van der Waals surface area contributed by atoms with Gasteiger partial charge in [0.05, 0.1) is 5.41 Å². The molecule has 0 radical (unpaired) electrons. The van der Waals surface area contributed by atoms with E-state index in [-0.39, 0.29) is 10.8 Å². The lowest BCUT2D eigenvalue weighted by Gasteiger charge is -2.34. The maximum atomic E-state index is 12.8. The first-order valence-electron chi connectivity index (χ1n) is 6.45. The van der Waals surface area contributed by atoms with Gasteiger partial charge in [-0.1, -0.05) is 24.3 Å². The largest absolute Gasteiger partial charge is 0.317 e. The Bertz CT molecular complexity index is 470. The molecule has 3 rings (SSSR count). The Kier molecular flexibility index (Phi) is 2.21. The normalized spacial score (nSPS) is 24.9. The van der Waals surface area contributed by atoms with Crippen molar-refractivity contribution < 1.29 is 4.79 Å². The highest BCUT2D eigenvalue weighted by Gasteiger charge is 2.55. The molecule has 0 unspecified atom stereocenters. The van der Waals surface area contributed by atoms with E-state index < -0.39 is 0 Å². The lowest BCUT2D eigenvalue weighted by molar-refractivity contribution is -0.128. The minimum Gasteiger partial charge on any atom is -0.317 e. The third kappa shape index (κ3) is 1.28. The molecule has 1 spiro atoms. The van der Waals surface area contributed by atoms with Crippen LogP contribution in [0.4, 0.5) is 0 Å². The molecule has 0 aromatic heterocycles. The number of fused-ring (bicyclic) bond motifs is 2. The monoisotopic (exact) mass is 229 g/mol. The fraction of sp³-hybridized carbons (Fsp3) is 0.533. The summed E-state index contributed by atoms with van der Waals surface area (Å²) in [6, 6.07) is 8.41. The smallest absolute Gasteiger partial charge is 0.153 e. The van der Waals surface area contributed by atoms with Gasteiger partial charge in [-0.2, -0.15) is 0 Å². The second-order valence-corrected chi connectivity index (χ2v) is 5.83. The molecule has 1 saturated heterocycles. The molecule has 1 fully saturated rings. The zero-order valence-electron chi connectivity index (χ0n) is 10.5. The first-order chi connectivity index (χ1) is 8.09. The summed E-state index contributed by atoms with van der Waals surface area (Å²) >= 11 is 0. The highest BCUT2D eigenvalue weighted by Crippen LogP contribution is 2.50. The number of carbonyl (C=O) groups is 1. The van der Waals surface area contributed by atoms with Crippen molar-refractivity contribution in [2.45, 2.75) is 37.5 Å². The molecular weight excluding hydrogens is 210 g/mol. The molecule has 0 bridgehead atoms. The molecule has 1 N–H and O–H groups in total. The third-order valence-electron chi connectivity index (χ3n) is 4.58. The lowest BCUT2D eigenvalue weighted by atomic mass is 9.71. The maximum absolute atomic E-state index is 12.8. The summed E-state index contributed by atoms with van der Waals surface area (Å²) in [5.74, 6) is 0.424. The third-order valence-corrected chi connectivity index (χ3v) is 4.58. The fourth-order valence-corrected chi connectivity index (χ4v) is 3.64. The van der Waals surface area contributed by atoms with Crippen LogP contribution in [0, 0.1) is 0 Å². The summed E-state index contributed by atoms with van der Waals surface area (Å²) in [5, 5.41) is 3.36. The summed E-state index contributed by atoms with van der Waals surface area (Å²) in [5.41, 5.74) is 2.02. The number of Topliss-reactive ketones (excluding diaryl/α,β-unsaturated/α-hetero) is 1. The van der Waals surface area contributed by atoms with Gasteiger partial charge < -0.3 is 5.32 Å². The number of hydrogen-bond donors (Lipinski definition) is 1. The van der Waals surface area contributed by atoms with Crippen LogP contribution < -0.4 is 5.32 Å². The zero-order valence-corrected chi connectivity index (χ0v) is 10.5. The van der Waals surface area contributed by atoms with E-state index in [1.807, 2.05) is 6.07 Å². The van der Waals surface area contributed by atoms with Crippen LogP contribution in [0.5, 0.6) is 0 Å². The van der Waals surface area contributed by atoms with Crippen LogP contribution >= 0.6 is 0 Å². The van der Waals surface area contributed by atoms with E-state index in [9.17, 15) is 4.79 Å². The van der Waals surface area contributed by atoms with Crippen molar-refractivity contribution in [3.05, 3.63) is 35.4 Å². The van der Waals surface area contributed by atoms with Crippen molar-refractivity contribution in [1.29, 1.82) is 0 Å². The molecule has 1 aliphatic heterocycles. The Labute approximate surface area is 102 Å². The Morgan fingerprint density at radius 3 is 2.29 bits per heavy atom. The molecule has 2 heteroatoms. The van der Waals surface area contributed by atoms with Gasteiger partial charge in [0.25, 0.3) is 0 Å². The summed E-state index contributed by atoms with van der Waals surface area (Å²) < 4.78 is 0. The molecule has 1 aliphatic carbocycles. The van der Waals surface area contributed by atoms with Crippen LogP contribution in [-0.2, 0) is 15.6 Å². The van der Waals surface area contributed by atoms with Gasteiger partial charge in [-0.3, -0.25) is 4.79 Å². The Morgan fingerprint density at radius 2 is 1.65 bits per heavy atom. The average Bonchev–Trinajstić information content (AvgIpc) is 2.52. The van der Waals surface area contributed by atoms with Gasteiger partial charge >= 0.3 is 0 Å². The Morgan fingerprint density at radius 1 is 1.06 bits per heavy atom. The number of ketones is 1. The van der Waals surface area contributed by atoms with Crippen LogP contribution in [0.25, 0.3) is 0 Å². The van der Waals surface area contributed by atoms with E-state index in [1.54, 1.807) is 0 Å². The van der Waals surface area contributed by atoms with Crippen LogP contribution in [0.3, 0.4) is 0 Å². The van der Waals surface area contributed by atoms with E-state index in [4.69, 9.17) is 0 Å². The van der Waals surface area contributed by atoms with Gasteiger partial charge in [-0.25, -0.2) is 0 Å². The average molecular weight is 229 g/mol. The van der Waals surface area contributed by atoms with Crippen molar-refractivity contribution in [1.82, 2.24) is 5.32 Å². The second kappa shape index (κ2) is 3.42. The SMILES string of the molecule is CC1(C)C(=O)C2(CCNCC2)c2ccccc21. The lowest BCUT2D eigenvalue weighted by Crippen LogP contribution is -2.46. The standard InChI is InChI=1S/C15H19NO/c1-14(2)11-5-3-4-6-12(11)15(13(14)17)7-9-16-10-8-15/h3-6,16H,7-10H2,1-2H3. The predicted octanol–water partition coefficient (Wildman–Crippen LogP) is 2.17. The quantitative estimate of drug-likeness (QED) is 0.738. The molecule has 0 saturated carbocycles. The molecular formula is C15H19NO. The van der Waals surface area contributed by atoms with Gasteiger partial charge in [-0.05, 0) is 50.9 Å². The minimum atomic E-state index is -0.312. The van der Waals surface area contributed by atoms with E-state index in [1.165, 1.54) is 11.1 Å². The second-order valence-electron chi connectivity index (χ2n) is 5.83. The van der Waals surface area contributed by atoms with Crippen molar-refractivity contribution in [2.75, 3.05) is 13.1 Å². The number of nitrogens with one attached hydrogen (secondary N) is 1. The summed E-state index contributed by atoms with van der Waals surface area (Å²) in [6.45, 7) is 6.06. The summed E-state index contributed by atoms with van der Waals surface area (Å²) in [6.07, 6.45) is 1.90. The van der Waals surface area contributed by atoms with Crippen LogP contribution in [0.1, 0.15) is 37.8 Å². The van der Waals surface area contributed by atoms with E-state index >= 15 is 0 Å². The molecule has 2 aliphatic rings. The highest BCUT2D eigenvalue weighted by atomic mass is 16.1. The first-order valence-corrected chi connectivity index (χ1v) is 6.45. The van der Waals surface area contributed by atoms with Crippen molar-refractivity contribution in [3.8, 4) is 0 Å². The van der Waals surface area contributed by atoms with Crippen LogP contribution in [-0.4, -0.2) is 18.9 Å². The number of hydrogen-bond acceptors (Lipinski definition) is 2. The summed E-state index contributed by atoms with van der Waals surface area (Å²) in [4.78, 5) is 12.8. The van der Waals surface area contributed by atoms with Gasteiger partial charge in [-0.15, -0.1) is 0 Å². The zero-order chi connectivity index (χ0) is 12.1. The molecule has 1 aromatic rings. The topological polar surface area (TPSA) is 29.1 Å². The predicted molar refractivity (Wildman–Crippen MR) is 68.3 cm³/mol. The van der Waals surface area contributed by atoms with Crippen LogP contribution in [0.15, 0.2) is 24.3 Å². The first kappa shape index (κ1) is 11.0. The molecule has 2 nitrogen and oxygen atoms in total. The van der Waals surface area contributed by atoms with E-state index in [2.05, 4.69) is 37.4 Å². The molecule has 1 heterocycles. The van der Waals surface area contributed by atoms with Crippen molar-refractivity contribution >= 4 is 5.78 Å². The van der Waals surface area contributed by atoms with Gasteiger partial charge in [0.1, 0.15) is 0 Å². The Hall–Kier alpha value is -1.15. The van der Waals surface area contributed by atoms with E-state index in [0.29, 0.717) is 5.78 Å². The minimum absolute atomic E-state index is 0.203. The maximum Gasteiger partial charge on any atom is 0.153 e. The van der Waals surface area contributed by atoms with E-state index in [0.717, 1.165) is 25.9 Å². The number of carbonyl (C=O) groups excluding carboxylic acids is 1. The Balaban J connectivity index is 2.21. The number of benzene rings is 1. The van der Waals surface area contributed by atoms with Gasteiger partial charge in [0.2, 0.25) is 0 Å². The number of piperidine rings is 1. The van der Waals surface area contributed by atoms with Crippen LogP contribution in [0.2, 0.25) is 0 Å². The molecule has 0 amide bonds. The van der Waals surface area contributed by atoms with Crippen molar-refractivity contribution in [2.24, 2.45) is 0 Å². The number of rotatable bonds is 0. The molecule has 0 atom stereocenters. The van der Waals surface area contributed by atoms with Gasteiger partial charge in [0, 0.05) is 5.41 Å².